The number of hydrogen-bond donors (Lipinski definition) is 2. The predicted octanol–water partition coefficient (Wildman–Crippen LogP) is 2.52. The summed E-state index contributed by atoms with van der Waals surface area (Å²) in [5.74, 6) is 0.0225. The van der Waals surface area contributed by atoms with Gasteiger partial charge in [0.1, 0.15) is 5.69 Å². The number of nitrogens with zero attached hydrogens (tertiary/aromatic N) is 1. The Balaban J connectivity index is 1.76. The molecule has 0 spiro atoms. The largest absolute Gasteiger partial charge is 0.396 e. The number of hydrogen-bond acceptors (Lipinski definition) is 3. The smallest absolute Gasteiger partial charge is 0.270 e. The number of aromatic nitrogens is 1. The Hall–Kier alpha value is -1.94. The maximum atomic E-state index is 12.4. The molecule has 0 radical (unpaired) electrons. The molecule has 2 unspecified atom stereocenters. The number of fused-ring (bicyclic) bond motifs is 1. The van der Waals surface area contributed by atoms with E-state index in [1.165, 1.54) is 0 Å². The van der Waals surface area contributed by atoms with Gasteiger partial charge in [0.15, 0.2) is 0 Å². The van der Waals surface area contributed by atoms with Gasteiger partial charge in [0.25, 0.3) is 5.91 Å². The first kappa shape index (κ1) is 14.0. The second-order valence-corrected chi connectivity index (χ2v) is 5.70. The van der Waals surface area contributed by atoms with Gasteiger partial charge >= 0.3 is 0 Å². The van der Waals surface area contributed by atoms with Crippen LogP contribution in [0.4, 0.5) is 0 Å². The molecule has 4 nitrogen and oxygen atoms in total. The number of rotatable bonds is 3. The summed E-state index contributed by atoms with van der Waals surface area (Å²) in [5.41, 5.74) is 1.27. The van der Waals surface area contributed by atoms with Crippen LogP contribution in [0.5, 0.6) is 0 Å². The first-order valence-corrected chi connectivity index (χ1v) is 7.55. The summed E-state index contributed by atoms with van der Waals surface area (Å²) in [4.78, 5) is 16.8. The van der Waals surface area contributed by atoms with Crippen LogP contribution < -0.4 is 5.32 Å². The van der Waals surface area contributed by atoms with Gasteiger partial charge in [-0.05, 0) is 25.0 Å². The molecule has 1 aromatic heterocycles. The van der Waals surface area contributed by atoms with Crippen LogP contribution >= 0.6 is 0 Å². The van der Waals surface area contributed by atoms with Gasteiger partial charge in [0.05, 0.1) is 5.52 Å². The van der Waals surface area contributed by atoms with Crippen molar-refractivity contribution in [3.63, 3.8) is 0 Å². The van der Waals surface area contributed by atoms with E-state index in [4.69, 9.17) is 0 Å². The Morgan fingerprint density at radius 1 is 1.19 bits per heavy atom. The summed E-state index contributed by atoms with van der Waals surface area (Å²) in [7, 11) is 0. The van der Waals surface area contributed by atoms with E-state index in [9.17, 15) is 9.90 Å². The zero-order valence-electron chi connectivity index (χ0n) is 12.0. The normalized spacial score (nSPS) is 22.1. The predicted molar refractivity (Wildman–Crippen MR) is 82.0 cm³/mol. The monoisotopic (exact) mass is 284 g/mol. The van der Waals surface area contributed by atoms with Gasteiger partial charge in [0.2, 0.25) is 0 Å². The Kier molecular flexibility index (Phi) is 4.15. The van der Waals surface area contributed by atoms with E-state index in [0.717, 1.165) is 36.6 Å². The minimum Gasteiger partial charge on any atom is -0.396 e. The fourth-order valence-electron chi connectivity index (χ4n) is 3.05. The highest BCUT2D eigenvalue weighted by atomic mass is 16.3. The highest BCUT2D eigenvalue weighted by Gasteiger charge is 2.26. The maximum absolute atomic E-state index is 12.4. The van der Waals surface area contributed by atoms with Crippen molar-refractivity contribution in [2.75, 3.05) is 6.61 Å². The maximum Gasteiger partial charge on any atom is 0.270 e. The summed E-state index contributed by atoms with van der Waals surface area (Å²) in [6.07, 6.45) is 4.15. The molecule has 2 atom stereocenters. The van der Waals surface area contributed by atoms with Gasteiger partial charge in [0, 0.05) is 24.0 Å². The topological polar surface area (TPSA) is 62.2 Å². The highest BCUT2D eigenvalue weighted by molar-refractivity contribution is 5.95. The third kappa shape index (κ3) is 3.05. The van der Waals surface area contributed by atoms with Gasteiger partial charge in [-0.1, -0.05) is 37.1 Å². The van der Waals surface area contributed by atoms with Crippen molar-refractivity contribution >= 4 is 16.8 Å². The number of nitrogens with one attached hydrogen (secondary N) is 1. The van der Waals surface area contributed by atoms with Crippen LogP contribution in [0.1, 0.15) is 36.2 Å². The van der Waals surface area contributed by atoms with Crippen molar-refractivity contribution in [1.82, 2.24) is 10.3 Å². The number of benzene rings is 1. The number of aliphatic hydroxyl groups excluding tert-OH is 1. The molecule has 4 heteroatoms. The average Bonchev–Trinajstić information content (AvgIpc) is 2.55. The first-order valence-electron chi connectivity index (χ1n) is 7.55. The number of carbonyl (C=O) groups is 1. The van der Waals surface area contributed by atoms with E-state index in [1.807, 2.05) is 30.3 Å². The Bertz CT molecular complexity index is 641. The molecule has 1 aliphatic carbocycles. The molecule has 0 saturated heterocycles. The van der Waals surface area contributed by atoms with Gasteiger partial charge in [-0.15, -0.1) is 0 Å². The molecule has 0 aliphatic heterocycles. The minimum atomic E-state index is -0.147. The van der Waals surface area contributed by atoms with Gasteiger partial charge < -0.3 is 10.4 Å². The zero-order chi connectivity index (χ0) is 14.7. The summed E-state index contributed by atoms with van der Waals surface area (Å²) in [5, 5.41) is 13.5. The molecule has 0 bridgehead atoms. The fraction of sp³-hybridized carbons (Fsp3) is 0.412. The van der Waals surface area contributed by atoms with E-state index in [0.29, 0.717) is 5.69 Å². The molecule has 1 amide bonds. The second kappa shape index (κ2) is 6.22. The number of para-hydroxylation sites is 1. The SMILES string of the molecule is O=C(NC1CCCCC1CO)c1ccc2ccccc2n1. The third-order valence-corrected chi connectivity index (χ3v) is 4.29. The van der Waals surface area contributed by atoms with Crippen molar-refractivity contribution in [2.45, 2.75) is 31.7 Å². The molecular weight excluding hydrogens is 264 g/mol. The van der Waals surface area contributed by atoms with Gasteiger partial charge in [-0.3, -0.25) is 4.79 Å². The molecule has 2 aromatic rings. The fourth-order valence-corrected chi connectivity index (χ4v) is 3.05. The summed E-state index contributed by atoms with van der Waals surface area (Å²) >= 11 is 0. The third-order valence-electron chi connectivity index (χ3n) is 4.29. The van der Waals surface area contributed by atoms with Crippen LogP contribution in [0.3, 0.4) is 0 Å². The van der Waals surface area contributed by atoms with E-state index in [1.54, 1.807) is 6.07 Å². The van der Waals surface area contributed by atoms with E-state index in [-0.39, 0.29) is 24.5 Å². The summed E-state index contributed by atoms with van der Waals surface area (Å²) < 4.78 is 0. The summed E-state index contributed by atoms with van der Waals surface area (Å²) in [6.45, 7) is 0.135. The van der Waals surface area contributed by atoms with Crippen LogP contribution in [0.25, 0.3) is 10.9 Å². The zero-order valence-corrected chi connectivity index (χ0v) is 12.0. The molecule has 1 aromatic carbocycles. The number of amides is 1. The molecule has 21 heavy (non-hydrogen) atoms. The van der Waals surface area contributed by atoms with Gasteiger partial charge in [-0.2, -0.15) is 0 Å². The molecule has 3 rings (SSSR count). The molecule has 1 heterocycles. The van der Waals surface area contributed by atoms with Crippen LogP contribution in [-0.2, 0) is 0 Å². The van der Waals surface area contributed by atoms with Crippen molar-refractivity contribution in [1.29, 1.82) is 0 Å². The molecule has 1 aliphatic rings. The lowest BCUT2D eigenvalue weighted by atomic mass is 9.85. The average molecular weight is 284 g/mol. The van der Waals surface area contributed by atoms with E-state index in [2.05, 4.69) is 10.3 Å². The number of carbonyl (C=O) groups excluding carboxylic acids is 1. The molecule has 110 valence electrons. The first-order chi connectivity index (χ1) is 10.3. The number of aliphatic hydroxyl groups is 1. The van der Waals surface area contributed by atoms with E-state index >= 15 is 0 Å². The lowest BCUT2D eigenvalue weighted by molar-refractivity contribution is 0.0868. The molecule has 2 N–H and O–H groups in total. The van der Waals surface area contributed by atoms with Gasteiger partial charge in [-0.25, -0.2) is 4.98 Å². The standard InChI is InChI=1S/C17H20N2O2/c20-11-13-6-2-4-8-15(13)19-17(21)16-10-9-12-5-1-3-7-14(12)18-16/h1,3,5,7,9-10,13,15,20H,2,4,6,8,11H2,(H,19,21). The molecular formula is C17H20N2O2. The lowest BCUT2D eigenvalue weighted by Crippen LogP contribution is -2.43. The highest BCUT2D eigenvalue weighted by Crippen LogP contribution is 2.24. The lowest BCUT2D eigenvalue weighted by Gasteiger charge is -2.30. The molecule has 1 saturated carbocycles. The minimum absolute atomic E-state index is 0.0597. The van der Waals surface area contributed by atoms with E-state index < -0.39 is 0 Å². The van der Waals surface area contributed by atoms with Crippen molar-refractivity contribution in [3.8, 4) is 0 Å². The Labute approximate surface area is 124 Å². The number of pyridine rings is 1. The van der Waals surface area contributed by atoms with Crippen molar-refractivity contribution < 1.29 is 9.90 Å². The second-order valence-electron chi connectivity index (χ2n) is 5.70. The summed E-state index contributed by atoms with van der Waals surface area (Å²) in [6, 6.07) is 11.5. The quantitative estimate of drug-likeness (QED) is 0.910. The van der Waals surface area contributed by atoms with Crippen LogP contribution in [-0.4, -0.2) is 28.6 Å². The van der Waals surface area contributed by atoms with Crippen LogP contribution in [0, 0.1) is 5.92 Å². The molecule has 1 fully saturated rings. The van der Waals surface area contributed by atoms with Crippen molar-refractivity contribution in [3.05, 3.63) is 42.1 Å². The van der Waals surface area contributed by atoms with Crippen molar-refractivity contribution in [2.24, 2.45) is 5.92 Å². The Morgan fingerprint density at radius 2 is 2.00 bits per heavy atom. The Morgan fingerprint density at radius 3 is 2.86 bits per heavy atom. The van der Waals surface area contributed by atoms with Crippen LogP contribution in [0.2, 0.25) is 0 Å². The van der Waals surface area contributed by atoms with Crippen LogP contribution in [0.15, 0.2) is 36.4 Å².